The molecule has 0 aliphatic heterocycles. The number of hydrogen-bond acceptors (Lipinski definition) is 4. The molecule has 1 aromatic carbocycles. The summed E-state index contributed by atoms with van der Waals surface area (Å²) in [7, 11) is 0. The van der Waals surface area contributed by atoms with Crippen molar-refractivity contribution in [3.63, 3.8) is 0 Å². The Kier molecular flexibility index (Phi) is 4.11. The fraction of sp³-hybridized carbons (Fsp3) is 0.278. The third-order valence-electron chi connectivity index (χ3n) is 4.16. The van der Waals surface area contributed by atoms with Crippen molar-refractivity contribution >= 4 is 11.8 Å². The predicted octanol–water partition coefficient (Wildman–Crippen LogP) is 4.36. The standard InChI is InChI=1S/C18H18N4S/c1-2-6-15(7-3-1)22-17(14-10-12-19-13-11-14)20-21-18(22)23-16-8-4-5-9-16/h1-3,6-7,10-13,16H,4-5,8-9H2. The molecule has 116 valence electrons. The van der Waals surface area contributed by atoms with E-state index in [-0.39, 0.29) is 0 Å². The topological polar surface area (TPSA) is 43.6 Å². The molecule has 2 aromatic heterocycles. The summed E-state index contributed by atoms with van der Waals surface area (Å²) in [5.74, 6) is 0.874. The molecule has 5 heteroatoms. The van der Waals surface area contributed by atoms with Gasteiger partial charge in [-0.2, -0.15) is 0 Å². The van der Waals surface area contributed by atoms with Crippen molar-refractivity contribution in [3.05, 3.63) is 54.9 Å². The molecule has 1 aliphatic carbocycles. The zero-order valence-corrected chi connectivity index (χ0v) is 13.6. The molecule has 0 unspecified atom stereocenters. The summed E-state index contributed by atoms with van der Waals surface area (Å²) >= 11 is 1.86. The molecule has 4 rings (SSSR count). The van der Waals surface area contributed by atoms with E-state index < -0.39 is 0 Å². The Morgan fingerprint density at radius 1 is 0.913 bits per heavy atom. The quantitative estimate of drug-likeness (QED) is 0.715. The van der Waals surface area contributed by atoms with Gasteiger partial charge in [0.15, 0.2) is 11.0 Å². The molecule has 0 bridgehead atoms. The number of hydrogen-bond donors (Lipinski definition) is 0. The van der Waals surface area contributed by atoms with E-state index in [1.807, 2.05) is 30.0 Å². The van der Waals surface area contributed by atoms with Gasteiger partial charge in [-0.3, -0.25) is 9.55 Å². The predicted molar refractivity (Wildman–Crippen MR) is 92.7 cm³/mol. The lowest BCUT2D eigenvalue weighted by atomic mass is 10.2. The SMILES string of the molecule is c1ccc(-n2c(SC3CCCC3)nnc2-c2ccncc2)cc1. The minimum atomic E-state index is 0.659. The molecule has 0 atom stereocenters. The number of pyridine rings is 1. The number of benzene rings is 1. The maximum absolute atomic E-state index is 4.49. The van der Waals surface area contributed by atoms with Gasteiger partial charge in [-0.25, -0.2) is 0 Å². The van der Waals surface area contributed by atoms with Crippen LogP contribution in [0.5, 0.6) is 0 Å². The highest BCUT2D eigenvalue weighted by Crippen LogP contribution is 2.36. The van der Waals surface area contributed by atoms with Crippen molar-refractivity contribution in [2.45, 2.75) is 36.1 Å². The van der Waals surface area contributed by atoms with Crippen LogP contribution in [-0.2, 0) is 0 Å². The molecular formula is C18H18N4S. The summed E-state index contributed by atoms with van der Waals surface area (Å²) in [4.78, 5) is 4.10. The van der Waals surface area contributed by atoms with Crippen LogP contribution in [0.3, 0.4) is 0 Å². The van der Waals surface area contributed by atoms with Crippen molar-refractivity contribution < 1.29 is 0 Å². The number of rotatable bonds is 4. The van der Waals surface area contributed by atoms with Crippen LogP contribution in [0.25, 0.3) is 17.1 Å². The van der Waals surface area contributed by atoms with Gasteiger partial charge in [0, 0.05) is 28.9 Å². The first-order valence-electron chi connectivity index (χ1n) is 8.00. The van der Waals surface area contributed by atoms with Crippen molar-refractivity contribution in [2.24, 2.45) is 0 Å². The zero-order chi connectivity index (χ0) is 15.5. The lowest BCUT2D eigenvalue weighted by Gasteiger charge is -2.12. The lowest BCUT2D eigenvalue weighted by molar-refractivity contribution is 0.852. The Morgan fingerprint density at radius 2 is 1.65 bits per heavy atom. The molecule has 4 nitrogen and oxygen atoms in total. The summed E-state index contributed by atoms with van der Waals surface area (Å²) in [6.45, 7) is 0. The maximum atomic E-state index is 4.49. The second-order valence-electron chi connectivity index (χ2n) is 5.74. The summed E-state index contributed by atoms with van der Waals surface area (Å²) in [5, 5.41) is 10.6. The first kappa shape index (κ1) is 14.5. The summed E-state index contributed by atoms with van der Waals surface area (Å²) in [5.41, 5.74) is 2.14. The molecule has 0 N–H and O–H groups in total. The summed E-state index contributed by atoms with van der Waals surface area (Å²) < 4.78 is 2.16. The van der Waals surface area contributed by atoms with Gasteiger partial charge in [0.1, 0.15) is 0 Å². The Bertz CT molecular complexity index is 764. The third-order valence-corrected chi connectivity index (χ3v) is 5.44. The second-order valence-corrected chi connectivity index (χ2v) is 7.00. The lowest BCUT2D eigenvalue weighted by Crippen LogP contribution is -2.02. The van der Waals surface area contributed by atoms with E-state index in [0.29, 0.717) is 5.25 Å². The summed E-state index contributed by atoms with van der Waals surface area (Å²) in [6, 6.07) is 14.3. The average Bonchev–Trinajstić information content (AvgIpc) is 3.27. The van der Waals surface area contributed by atoms with Crippen LogP contribution < -0.4 is 0 Å². The highest BCUT2D eigenvalue weighted by Gasteiger charge is 2.22. The van der Waals surface area contributed by atoms with Crippen molar-refractivity contribution in [3.8, 4) is 17.1 Å². The minimum Gasteiger partial charge on any atom is -0.270 e. The van der Waals surface area contributed by atoms with Crippen LogP contribution in [0.2, 0.25) is 0 Å². The van der Waals surface area contributed by atoms with Gasteiger partial charge < -0.3 is 0 Å². The van der Waals surface area contributed by atoms with Crippen molar-refractivity contribution in [1.29, 1.82) is 0 Å². The van der Waals surface area contributed by atoms with Gasteiger partial charge in [-0.1, -0.05) is 42.8 Å². The molecule has 1 fully saturated rings. The van der Waals surface area contributed by atoms with Crippen LogP contribution in [0, 0.1) is 0 Å². The van der Waals surface area contributed by atoms with E-state index in [2.05, 4.69) is 44.0 Å². The van der Waals surface area contributed by atoms with E-state index in [1.54, 1.807) is 12.4 Å². The number of para-hydroxylation sites is 1. The van der Waals surface area contributed by atoms with Crippen LogP contribution >= 0.6 is 11.8 Å². The van der Waals surface area contributed by atoms with Crippen LogP contribution in [0.4, 0.5) is 0 Å². The van der Waals surface area contributed by atoms with Crippen LogP contribution in [0.15, 0.2) is 60.0 Å². The third kappa shape index (κ3) is 3.01. The smallest absolute Gasteiger partial charge is 0.196 e. The van der Waals surface area contributed by atoms with Crippen LogP contribution in [0.1, 0.15) is 25.7 Å². The minimum absolute atomic E-state index is 0.659. The number of thioether (sulfide) groups is 1. The maximum Gasteiger partial charge on any atom is 0.196 e. The Balaban J connectivity index is 1.79. The molecule has 0 saturated heterocycles. The first-order valence-corrected chi connectivity index (χ1v) is 8.88. The summed E-state index contributed by atoms with van der Waals surface area (Å²) in [6.07, 6.45) is 8.79. The van der Waals surface area contributed by atoms with Gasteiger partial charge in [0.2, 0.25) is 0 Å². The molecule has 1 aliphatic rings. The molecule has 0 spiro atoms. The first-order chi connectivity index (χ1) is 11.4. The number of aromatic nitrogens is 4. The molecule has 3 aromatic rings. The molecule has 0 amide bonds. The van der Waals surface area contributed by atoms with Gasteiger partial charge in [-0.15, -0.1) is 10.2 Å². The van der Waals surface area contributed by atoms with E-state index in [0.717, 1.165) is 22.2 Å². The Morgan fingerprint density at radius 3 is 2.39 bits per heavy atom. The normalized spacial score (nSPS) is 15.1. The van der Waals surface area contributed by atoms with E-state index >= 15 is 0 Å². The molecule has 0 radical (unpaired) electrons. The van der Waals surface area contributed by atoms with E-state index in [1.165, 1.54) is 25.7 Å². The monoisotopic (exact) mass is 322 g/mol. The second kappa shape index (κ2) is 6.54. The number of nitrogens with zero attached hydrogens (tertiary/aromatic N) is 4. The fourth-order valence-corrected chi connectivity index (χ4v) is 4.25. The van der Waals surface area contributed by atoms with Gasteiger partial charge in [0.05, 0.1) is 0 Å². The average molecular weight is 322 g/mol. The van der Waals surface area contributed by atoms with E-state index in [4.69, 9.17) is 0 Å². The van der Waals surface area contributed by atoms with Gasteiger partial charge in [0.25, 0.3) is 0 Å². The van der Waals surface area contributed by atoms with Gasteiger partial charge in [-0.05, 0) is 37.1 Å². The Labute approximate surface area is 140 Å². The molecule has 2 heterocycles. The van der Waals surface area contributed by atoms with Crippen LogP contribution in [-0.4, -0.2) is 25.0 Å². The van der Waals surface area contributed by atoms with Crippen molar-refractivity contribution in [1.82, 2.24) is 19.7 Å². The van der Waals surface area contributed by atoms with Gasteiger partial charge >= 0.3 is 0 Å². The van der Waals surface area contributed by atoms with Crippen molar-refractivity contribution in [2.75, 3.05) is 0 Å². The molecule has 1 saturated carbocycles. The fourth-order valence-electron chi connectivity index (χ4n) is 3.00. The highest BCUT2D eigenvalue weighted by molar-refractivity contribution is 7.99. The molecule has 23 heavy (non-hydrogen) atoms. The Hall–Kier alpha value is -2.14. The zero-order valence-electron chi connectivity index (χ0n) is 12.8. The molecular weight excluding hydrogens is 304 g/mol. The largest absolute Gasteiger partial charge is 0.270 e. The highest BCUT2D eigenvalue weighted by atomic mass is 32.2. The van der Waals surface area contributed by atoms with E-state index in [9.17, 15) is 0 Å².